The van der Waals surface area contributed by atoms with Crippen molar-refractivity contribution in [2.75, 3.05) is 25.4 Å². The third-order valence-corrected chi connectivity index (χ3v) is 2.73. The van der Waals surface area contributed by atoms with Crippen LogP contribution in [0.2, 0.25) is 0 Å². The van der Waals surface area contributed by atoms with Gasteiger partial charge in [-0.05, 0) is 25.6 Å². The van der Waals surface area contributed by atoms with Gasteiger partial charge in [-0.1, -0.05) is 13.0 Å². The molecule has 5 heteroatoms. The largest absolute Gasteiger partial charge is 0.398 e. The van der Waals surface area contributed by atoms with Crippen LogP contribution in [0.15, 0.2) is 18.2 Å². The standard InChI is InChI=1S/C13H20FN3O/c1-3-16-13(18)9-17(4-2)8-10-11(14)6-5-7-12(10)15/h5-7H,3-4,8-9,15H2,1-2H3,(H,16,18). The Labute approximate surface area is 107 Å². The fraction of sp³-hybridized carbons (Fsp3) is 0.462. The van der Waals surface area contributed by atoms with Gasteiger partial charge in [-0.2, -0.15) is 0 Å². The number of hydrogen-bond donors (Lipinski definition) is 2. The summed E-state index contributed by atoms with van der Waals surface area (Å²) in [6.07, 6.45) is 0. The number of nitrogens with one attached hydrogen (secondary N) is 1. The van der Waals surface area contributed by atoms with Crippen molar-refractivity contribution in [2.45, 2.75) is 20.4 Å². The molecule has 0 spiro atoms. The van der Waals surface area contributed by atoms with E-state index < -0.39 is 0 Å². The number of nitrogens with two attached hydrogens (primary N) is 1. The lowest BCUT2D eigenvalue weighted by Gasteiger charge is -2.20. The molecular formula is C13H20FN3O. The molecular weight excluding hydrogens is 233 g/mol. The second-order valence-corrected chi connectivity index (χ2v) is 4.06. The van der Waals surface area contributed by atoms with Gasteiger partial charge < -0.3 is 11.1 Å². The number of likely N-dealkylation sites (N-methyl/N-ethyl adjacent to an activating group) is 2. The summed E-state index contributed by atoms with van der Waals surface area (Å²) in [5.41, 5.74) is 6.62. The minimum absolute atomic E-state index is 0.0609. The maximum atomic E-state index is 13.6. The zero-order valence-corrected chi connectivity index (χ0v) is 10.9. The highest BCUT2D eigenvalue weighted by molar-refractivity contribution is 5.77. The molecule has 3 N–H and O–H groups in total. The van der Waals surface area contributed by atoms with Crippen molar-refractivity contribution in [3.8, 4) is 0 Å². The summed E-state index contributed by atoms with van der Waals surface area (Å²) >= 11 is 0. The molecule has 1 rings (SSSR count). The molecule has 0 aromatic heterocycles. The molecule has 0 unspecified atom stereocenters. The molecule has 100 valence electrons. The number of rotatable bonds is 6. The summed E-state index contributed by atoms with van der Waals surface area (Å²) in [4.78, 5) is 13.3. The molecule has 18 heavy (non-hydrogen) atoms. The summed E-state index contributed by atoms with van der Waals surface area (Å²) < 4.78 is 13.6. The van der Waals surface area contributed by atoms with Gasteiger partial charge in [0.2, 0.25) is 5.91 Å². The average Bonchev–Trinajstić information content (AvgIpc) is 2.33. The van der Waals surface area contributed by atoms with Crippen molar-refractivity contribution in [1.82, 2.24) is 10.2 Å². The van der Waals surface area contributed by atoms with Gasteiger partial charge in [-0.3, -0.25) is 9.69 Å². The Morgan fingerprint density at radius 2 is 2.17 bits per heavy atom. The van der Waals surface area contributed by atoms with Crippen molar-refractivity contribution in [1.29, 1.82) is 0 Å². The Bertz CT molecular complexity index is 389. The fourth-order valence-corrected chi connectivity index (χ4v) is 1.70. The van der Waals surface area contributed by atoms with Crippen LogP contribution in [-0.4, -0.2) is 30.4 Å². The van der Waals surface area contributed by atoms with Crippen LogP contribution in [0.1, 0.15) is 19.4 Å². The number of benzene rings is 1. The van der Waals surface area contributed by atoms with Crippen LogP contribution in [0.4, 0.5) is 10.1 Å². The highest BCUT2D eigenvalue weighted by Gasteiger charge is 2.13. The lowest BCUT2D eigenvalue weighted by Crippen LogP contribution is -2.37. The van der Waals surface area contributed by atoms with Gasteiger partial charge >= 0.3 is 0 Å². The molecule has 0 atom stereocenters. The first-order valence-corrected chi connectivity index (χ1v) is 6.10. The zero-order valence-electron chi connectivity index (χ0n) is 10.9. The average molecular weight is 253 g/mol. The number of hydrogen-bond acceptors (Lipinski definition) is 3. The molecule has 0 aliphatic rings. The van der Waals surface area contributed by atoms with Crippen molar-refractivity contribution in [3.63, 3.8) is 0 Å². The van der Waals surface area contributed by atoms with Crippen LogP contribution in [0, 0.1) is 5.82 Å². The van der Waals surface area contributed by atoms with Gasteiger partial charge in [0.25, 0.3) is 0 Å². The second kappa shape index (κ2) is 6.96. The van der Waals surface area contributed by atoms with Crippen molar-refractivity contribution in [2.24, 2.45) is 0 Å². The highest BCUT2D eigenvalue weighted by atomic mass is 19.1. The van der Waals surface area contributed by atoms with Gasteiger partial charge in [0.05, 0.1) is 6.54 Å². The lowest BCUT2D eigenvalue weighted by molar-refractivity contribution is -0.122. The normalized spacial score (nSPS) is 10.7. The van der Waals surface area contributed by atoms with E-state index in [-0.39, 0.29) is 18.3 Å². The summed E-state index contributed by atoms with van der Waals surface area (Å²) in [7, 11) is 0. The number of halogens is 1. The van der Waals surface area contributed by atoms with E-state index in [1.54, 1.807) is 12.1 Å². The molecule has 0 aliphatic carbocycles. The van der Waals surface area contributed by atoms with E-state index in [2.05, 4.69) is 5.32 Å². The first-order valence-electron chi connectivity index (χ1n) is 6.10. The molecule has 0 radical (unpaired) electrons. The topological polar surface area (TPSA) is 58.4 Å². The summed E-state index contributed by atoms with van der Waals surface area (Å²) in [6.45, 7) is 5.63. The van der Waals surface area contributed by atoms with Crippen LogP contribution in [0.25, 0.3) is 0 Å². The molecule has 1 amide bonds. The monoisotopic (exact) mass is 253 g/mol. The number of nitrogens with zero attached hydrogens (tertiary/aromatic N) is 1. The first-order chi connectivity index (χ1) is 8.58. The number of anilines is 1. The van der Waals surface area contributed by atoms with Crippen molar-refractivity contribution < 1.29 is 9.18 Å². The third kappa shape index (κ3) is 4.00. The SMILES string of the molecule is CCNC(=O)CN(CC)Cc1c(N)cccc1F. The predicted octanol–water partition coefficient (Wildman–Crippen LogP) is 1.37. The molecule has 0 fully saturated rings. The third-order valence-electron chi connectivity index (χ3n) is 2.73. The smallest absolute Gasteiger partial charge is 0.234 e. The Kier molecular flexibility index (Phi) is 5.58. The number of carbonyl (C=O) groups is 1. The van der Waals surface area contributed by atoms with Crippen molar-refractivity contribution in [3.05, 3.63) is 29.6 Å². The number of amides is 1. The summed E-state index contributed by atoms with van der Waals surface area (Å²) in [6, 6.07) is 4.62. The Hall–Kier alpha value is -1.62. The highest BCUT2D eigenvalue weighted by Crippen LogP contribution is 2.17. The molecule has 0 aliphatic heterocycles. The lowest BCUT2D eigenvalue weighted by atomic mass is 10.1. The molecule has 4 nitrogen and oxygen atoms in total. The maximum Gasteiger partial charge on any atom is 0.234 e. The quantitative estimate of drug-likeness (QED) is 0.753. The van der Waals surface area contributed by atoms with Gasteiger partial charge in [0.15, 0.2) is 0 Å². The van der Waals surface area contributed by atoms with Crippen molar-refractivity contribution >= 4 is 11.6 Å². The minimum atomic E-state index is -0.329. The van der Waals surface area contributed by atoms with E-state index in [1.165, 1.54) is 6.07 Å². The van der Waals surface area contributed by atoms with Gasteiger partial charge in [-0.25, -0.2) is 4.39 Å². The summed E-state index contributed by atoms with van der Waals surface area (Å²) in [5.74, 6) is -0.390. The maximum absolute atomic E-state index is 13.6. The predicted molar refractivity (Wildman–Crippen MR) is 70.4 cm³/mol. The van der Waals surface area contributed by atoms with Gasteiger partial charge in [0.1, 0.15) is 5.82 Å². The van der Waals surface area contributed by atoms with E-state index in [4.69, 9.17) is 5.73 Å². The Balaban J connectivity index is 2.71. The molecule has 0 heterocycles. The van der Waals surface area contributed by atoms with E-state index in [0.29, 0.717) is 30.9 Å². The minimum Gasteiger partial charge on any atom is -0.398 e. The zero-order chi connectivity index (χ0) is 13.5. The van der Waals surface area contributed by atoms with E-state index in [0.717, 1.165) is 0 Å². The Morgan fingerprint density at radius 3 is 2.72 bits per heavy atom. The number of carbonyl (C=O) groups excluding carboxylic acids is 1. The number of nitrogen functional groups attached to an aromatic ring is 1. The fourth-order valence-electron chi connectivity index (χ4n) is 1.70. The van der Waals surface area contributed by atoms with E-state index in [1.807, 2.05) is 18.7 Å². The summed E-state index contributed by atoms with van der Waals surface area (Å²) in [5, 5.41) is 2.72. The molecule has 0 bridgehead atoms. The van der Waals surface area contributed by atoms with E-state index >= 15 is 0 Å². The molecule has 0 saturated carbocycles. The van der Waals surface area contributed by atoms with Crippen LogP contribution in [-0.2, 0) is 11.3 Å². The van der Waals surface area contributed by atoms with Crippen LogP contribution < -0.4 is 11.1 Å². The van der Waals surface area contributed by atoms with Crippen LogP contribution in [0.3, 0.4) is 0 Å². The molecule has 1 aromatic carbocycles. The van der Waals surface area contributed by atoms with Crippen LogP contribution >= 0.6 is 0 Å². The second-order valence-electron chi connectivity index (χ2n) is 4.06. The van der Waals surface area contributed by atoms with Gasteiger partial charge in [-0.15, -0.1) is 0 Å². The molecule has 0 saturated heterocycles. The van der Waals surface area contributed by atoms with E-state index in [9.17, 15) is 9.18 Å². The first kappa shape index (κ1) is 14.4. The molecule has 1 aromatic rings. The van der Waals surface area contributed by atoms with Gasteiger partial charge in [0, 0.05) is 24.3 Å². The van der Waals surface area contributed by atoms with Crippen LogP contribution in [0.5, 0.6) is 0 Å². The Morgan fingerprint density at radius 1 is 1.44 bits per heavy atom.